The molecule has 2 rings (SSSR count). The zero-order chi connectivity index (χ0) is 15.2. The first kappa shape index (κ1) is 15.9. The summed E-state index contributed by atoms with van der Waals surface area (Å²) in [7, 11) is 0. The van der Waals surface area contributed by atoms with E-state index in [-0.39, 0.29) is 6.03 Å². The van der Waals surface area contributed by atoms with E-state index in [4.69, 9.17) is 11.6 Å². The van der Waals surface area contributed by atoms with E-state index in [9.17, 15) is 4.79 Å². The van der Waals surface area contributed by atoms with Crippen LogP contribution in [0.4, 0.5) is 10.5 Å². The quantitative estimate of drug-likeness (QED) is 0.810. The Balaban J connectivity index is 2.05. The van der Waals surface area contributed by atoms with Crippen molar-refractivity contribution in [3.8, 4) is 0 Å². The molecule has 0 saturated carbocycles. The van der Waals surface area contributed by atoms with Crippen LogP contribution in [0.5, 0.6) is 0 Å². The molecule has 2 amide bonds. The molecule has 0 radical (unpaired) electrons. The fraction of sp³-hybridized carbons (Fsp3) is 0.312. The van der Waals surface area contributed by atoms with E-state index in [1.54, 1.807) is 17.4 Å². The SMILES string of the molecule is CCCN(Cc1cccs1)C(=O)Nc1ccc(C)c(Cl)c1. The van der Waals surface area contributed by atoms with Crippen LogP contribution in [-0.2, 0) is 6.54 Å². The Labute approximate surface area is 134 Å². The average molecular weight is 323 g/mol. The summed E-state index contributed by atoms with van der Waals surface area (Å²) in [6.45, 7) is 5.37. The fourth-order valence-corrected chi connectivity index (χ4v) is 2.89. The van der Waals surface area contributed by atoms with Gasteiger partial charge in [-0.3, -0.25) is 0 Å². The fourth-order valence-electron chi connectivity index (χ4n) is 1.99. The third-order valence-corrected chi connectivity index (χ3v) is 4.40. The van der Waals surface area contributed by atoms with E-state index in [0.717, 1.165) is 24.2 Å². The summed E-state index contributed by atoms with van der Waals surface area (Å²) in [5, 5.41) is 5.60. The number of rotatable bonds is 5. The molecule has 0 aliphatic carbocycles. The number of amides is 2. The van der Waals surface area contributed by atoms with Gasteiger partial charge in [-0.1, -0.05) is 30.7 Å². The van der Waals surface area contributed by atoms with Crippen molar-refractivity contribution >= 4 is 34.7 Å². The highest BCUT2D eigenvalue weighted by molar-refractivity contribution is 7.09. The molecule has 0 aliphatic rings. The molecule has 0 unspecified atom stereocenters. The van der Waals surface area contributed by atoms with Crippen LogP contribution >= 0.6 is 22.9 Å². The maximum atomic E-state index is 12.4. The van der Waals surface area contributed by atoms with Gasteiger partial charge in [0, 0.05) is 22.1 Å². The smallest absolute Gasteiger partial charge is 0.319 e. The Hall–Kier alpha value is -1.52. The minimum absolute atomic E-state index is 0.0924. The Morgan fingerprint density at radius 2 is 2.19 bits per heavy atom. The largest absolute Gasteiger partial charge is 0.322 e. The number of hydrogen-bond acceptors (Lipinski definition) is 2. The highest BCUT2D eigenvalue weighted by Gasteiger charge is 2.14. The first-order valence-corrected chi connectivity index (χ1v) is 8.20. The van der Waals surface area contributed by atoms with Gasteiger partial charge in [0.15, 0.2) is 0 Å². The van der Waals surface area contributed by atoms with E-state index >= 15 is 0 Å². The van der Waals surface area contributed by atoms with Crippen LogP contribution in [0.2, 0.25) is 5.02 Å². The van der Waals surface area contributed by atoms with Crippen molar-refractivity contribution in [3.63, 3.8) is 0 Å². The minimum Gasteiger partial charge on any atom is -0.319 e. The molecule has 1 aromatic carbocycles. The van der Waals surface area contributed by atoms with Gasteiger partial charge in [0.2, 0.25) is 0 Å². The number of carbonyl (C=O) groups excluding carboxylic acids is 1. The van der Waals surface area contributed by atoms with Gasteiger partial charge in [0.05, 0.1) is 6.54 Å². The summed E-state index contributed by atoms with van der Waals surface area (Å²) in [5.74, 6) is 0. The van der Waals surface area contributed by atoms with Crippen LogP contribution in [0.15, 0.2) is 35.7 Å². The summed E-state index contributed by atoms with van der Waals surface area (Å²) < 4.78 is 0. The van der Waals surface area contributed by atoms with Gasteiger partial charge in [-0.2, -0.15) is 0 Å². The van der Waals surface area contributed by atoms with Gasteiger partial charge in [0.1, 0.15) is 0 Å². The van der Waals surface area contributed by atoms with Gasteiger partial charge < -0.3 is 10.2 Å². The topological polar surface area (TPSA) is 32.3 Å². The standard InChI is InChI=1S/C16H19ClN2OS/c1-3-8-19(11-14-5-4-9-21-14)16(20)18-13-7-6-12(2)15(17)10-13/h4-7,9-10H,3,8,11H2,1-2H3,(H,18,20). The number of nitrogens with one attached hydrogen (secondary N) is 1. The monoisotopic (exact) mass is 322 g/mol. The van der Waals surface area contributed by atoms with Gasteiger partial charge >= 0.3 is 6.03 Å². The molecule has 0 saturated heterocycles. The second-order valence-electron chi connectivity index (χ2n) is 4.90. The van der Waals surface area contributed by atoms with Gasteiger partial charge in [-0.25, -0.2) is 4.79 Å². The summed E-state index contributed by atoms with van der Waals surface area (Å²) in [6, 6.07) is 9.51. The summed E-state index contributed by atoms with van der Waals surface area (Å²) in [4.78, 5) is 15.4. The van der Waals surface area contributed by atoms with Crippen molar-refractivity contribution in [2.75, 3.05) is 11.9 Å². The molecule has 0 bridgehead atoms. The predicted octanol–water partition coefficient (Wildman–Crippen LogP) is 5.15. The van der Waals surface area contributed by atoms with Gasteiger partial charge in [-0.05, 0) is 42.5 Å². The number of thiophene rings is 1. The molecule has 1 aromatic heterocycles. The third kappa shape index (κ3) is 4.48. The zero-order valence-electron chi connectivity index (χ0n) is 12.2. The highest BCUT2D eigenvalue weighted by Crippen LogP contribution is 2.21. The molecular formula is C16H19ClN2OS. The Morgan fingerprint density at radius 1 is 1.38 bits per heavy atom. The van der Waals surface area contributed by atoms with Crippen LogP contribution in [0.1, 0.15) is 23.8 Å². The number of halogens is 1. The third-order valence-electron chi connectivity index (χ3n) is 3.13. The summed E-state index contributed by atoms with van der Waals surface area (Å²) in [6.07, 6.45) is 0.924. The lowest BCUT2D eigenvalue weighted by atomic mass is 10.2. The number of hydrogen-bond donors (Lipinski definition) is 1. The van der Waals surface area contributed by atoms with Crippen molar-refractivity contribution in [2.24, 2.45) is 0 Å². The maximum Gasteiger partial charge on any atom is 0.322 e. The molecule has 5 heteroatoms. The number of anilines is 1. The molecule has 3 nitrogen and oxygen atoms in total. The number of aryl methyl sites for hydroxylation is 1. The lowest BCUT2D eigenvalue weighted by Crippen LogP contribution is -2.34. The first-order valence-electron chi connectivity index (χ1n) is 6.94. The van der Waals surface area contributed by atoms with E-state index in [0.29, 0.717) is 11.6 Å². The van der Waals surface area contributed by atoms with Crippen molar-refractivity contribution in [3.05, 3.63) is 51.2 Å². The molecule has 0 fully saturated rings. The number of carbonyl (C=O) groups is 1. The van der Waals surface area contributed by atoms with Gasteiger partial charge in [-0.15, -0.1) is 11.3 Å². The van der Waals surface area contributed by atoms with Crippen molar-refractivity contribution in [1.82, 2.24) is 4.90 Å². The van der Waals surface area contributed by atoms with E-state index in [1.165, 1.54) is 4.88 Å². The minimum atomic E-state index is -0.0924. The van der Waals surface area contributed by atoms with Crippen LogP contribution in [0, 0.1) is 6.92 Å². The first-order chi connectivity index (χ1) is 10.1. The van der Waals surface area contributed by atoms with Crippen LogP contribution in [-0.4, -0.2) is 17.5 Å². The molecular weight excluding hydrogens is 304 g/mol. The Kier molecular flexibility index (Phi) is 5.65. The molecule has 2 aromatic rings. The van der Waals surface area contributed by atoms with Crippen molar-refractivity contribution < 1.29 is 4.79 Å². The lowest BCUT2D eigenvalue weighted by Gasteiger charge is -2.22. The molecule has 0 atom stereocenters. The summed E-state index contributed by atoms with van der Waals surface area (Å²) >= 11 is 7.75. The van der Waals surface area contributed by atoms with Crippen LogP contribution < -0.4 is 5.32 Å². The molecule has 112 valence electrons. The number of nitrogens with zero attached hydrogens (tertiary/aromatic N) is 1. The maximum absolute atomic E-state index is 12.4. The average Bonchev–Trinajstić information content (AvgIpc) is 2.95. The molecule has 1 N–H and O–H groups in total. The Morgan fingerprint density at radius 3 is 2.81 bits per heavy atom. The second kappa shape index (κ2) is 7.48. The van der Waals surface area contributed by atoms with Crippen molar-refractivity contribution in [2.45, 2.75) is 26.8 Å². The number of urea groups is 1. The second-order valence-corrected chi connectivity index (χ2v) is 6.33. The predicted molar refractivity (Wildman–Crippen MR) is 90.2 cm³/mol. The van der Waals surface area contributed by atoms with Crippen LogP contribution in [0.25, 0.3) is 0 Å². The van der Waals surface area contributed by atoms with Crippen LogP contribution in [0.3, 0.4) is 0 Å². The van der Waals surface area contributed by atoms with E-state index in [1.807, 2.05) is 41.5 Å². The van der Waals surface area contributed by atoms with E-state index in [2.05, 4.69) is 12.2 Å². The molecule has 0 spiro atoms. The molecule has 21 heavy (non-hydrogen) atoms. The van der Waals surface area contributed by atoms with Gasteiger partial charge in [0.25, 0.3) is 0 Å². The van der Waals surface area contributed by atoms with E-state index < -0.39 is 0 Å². The van der Waals surface area contributed by atoms with Crippen molar-refractivity contribution in [1.29, 1.82) is 0 Å². The highest BCUT2D eigenvalue weighted by atomic mass is 35.5. The summed E-state index contributed by atoms with van der Waals surface area (Å²) in [5.41, 5.74) is 1.72. The normalized spacial score (nSPS) is 10.4. The Bertz CT molecular complexity index is 598. The lowest BCUT2D eigenvalue weighted by molar-refractivity contribution is 0.209. The molecule has 0 aliphatic heterocycles. The number of benzene rings is 1. The molecule has 1 heterocycles. The zero-order valence-corrected chi connectivity index (χ0v) is 13.8.